The van der Waals surface area contributed by atoms with Crippen LogP contribution in [0.25, 0.3) is 0 Å². The molecule has 4 heteroatoms. The van der Waals surface area contributed by atoms with Gasteiger partial charge in [-0.25, -0.2) is 0 Å². The number of nitriles is 1. The van der Waals surface area contributed by atoms with Crippen molar-refractivity contribution in [3.8, 4) is 6.07 Å². The molecule has 0 aromatic heterocycles. The quantitative estimate of drug-likeness (QED) is 0.837. The smallest absolute Gasteiger partial charge is 0.252 e. The van der Waals surface area contributed by atoms with Crippen LogP contribution in [0.15, 0.2) is 18.2 Å². The lowest BCUT2D eigenvalue weighted by Crippen LogP contribution is -2.47. The van der Waals surface area contributed by atoms with Gasteiger partial charge in [-0.15, -0.1) is 0 Å². The van der Waals surface area contributed by atoms with Gasteiger partial charge in [0.25, 0.3) is 5.91 Å². The van der Waals surface area contributed by atoms with Crippen molar-refractivity contribution in [2.45, 2.75) is 51.0 Å². The van der Waals surface area contributed by atoms with Crippen LogP contribution >= 0.6 is 11.6 Å². The number of halogens is 1. The molecule has 0 unspecified atom stereocenters. The van der Waals surface area contributed by atoms with E-state index in [-0.39, 0.29) is 5.91 Å². The first kappa shape index (κ1) is 14.9. The van der Waals surface area contributed by atoms with Crippen LogP contribution in [0.2, 0.25) is 5.02 Å². The van der Waals surface area contributed by atoms with Crippen LogP contribution in [0, 0.1) is 18.3 Å². The Hall–Kier alpha value is -1.53. The van der Waals surface area contributed by atoms with Crippen LogP contribution in [-0.2, 0) is 0 Å². The summed E-state index contributed by atoms with van der Waals surface area (Å²) in [7, 11) is 0. The van der Waals surface area contributed by atoms with E-state index in [0.717, 1.165) is 44.1 Å². The summed E-state index contributed by atoms with van der Waals surface area (Å²) in [6.07, 6.45) is 5.71. The molecular formula is C16H19ClN2O. The summed E-state index contributed by atoms with van der Waals surface area (Å²) < 4.78 is 0. The van der Waals surface area contributed by atoms with Crippen molar-refractivity contribution in [2.75, 3.05) is 0 Å². The average molecular weight is 291 g/mol. The zero-order chi connectivity index (χ0) is 14.6. The Morgan fingerprint density at radius 1 is 1.30 bits per heavy atom. The predicted octanol–water partition coefficient (Wildman–Crippen LogP) is 3.99. The molecule has 0 atom stereocenters. The number of carbonyl (C=O) groups excluding carboxylic acids is 1. The molecule has 0 saturated heterocycles. The van der Waals surface area contributed by atoms with Crippen LogP contribution in [0.4, 0.5) is 0 Å². The van der Waals surface area contributed by atoms with Crippen molar-refractivity contribution in [3.05, 3.63) is 34.3 Å². The third-order valence-corrected chi connectivity index (χ3v) is 4.20. The van der Waals surface area contributed by atoms with E-state index in [1.807, 2.05) is 13.0 Å². The molecule has 20 heavy (non-hydrogen) atoms. The molecule has 1 aliphatic carbocycles. The maximum atomic E-state index is 12.4. The molecule has 0 heterocycles. The highest BCUT2D eigenvalue weighted by molar-refractivity contribution is 6.31. The Labute approximate surface area is 124 Å². The van der Waals surface area contributed by atoms with Gasteiger partial charge in [-0.2, -0.15) is 5.26 Å². The van der Waals surface area contributed by atoms with Crippen LogP contribution in [0.5, 0.6) is 0 Å². The molecule has 2 rings (SSSR count). The molecule has 1 aliphatic rings. The van der Waals surface area contributed by atoms with Crippen LogP contribution in [0.1, 0.15) is 54.4 Å². The largest absolute Gasteiger partial charge is 0.334 e. The lowest BCUT2D eigenvalue weighted by Gasteiger charge is -2.26. The Kier molecular flexibility index (Phi) is 4.67. The zero-order valence-electron chi connectivity index (χ0n) is 11.7. The van der Waals surface area contributed by atoms with Crippen molar-refractivity contribution in [1.82, 2.24) is 5.32 Å². The van der Waals surface area contributed by atoms with Crippen molar-refractivity contribution >= 4 is 17.5 Å². The van der Waals surface area contributed by atoms with E-state index < -0.39 is 5.54 Å². The first-order valence-electron chi connectivity index (χ1n) is 7.06. The number of aryl methyl sites for hydroxylation is 1. The number of hydrogen-bond donors (Lipinski definition) is 1. The molecule has 0 bridgehead atoms. The monoisotopic (exact) mass is 290 g/mol. The number of hydrogen-bond acceptors (Lipinski definition) is 2. The van der Waals surface area contributed by atoms with Gasteiger partial charge in [-0.1, -0.05) is 43.4 Å². The molecule has 1 amide bonds. The van der Waals surface area contributed by atoms with Gasteiger partial charge in [0.15, 0.2) is 0 Å². The van der Waals surface area contributed by atoms with Crippen molar-refractivity contribution in [2.24, 2.45) is 0 Å². The minimum atomic E-state index is -0.720. The second-order valence-electron chi connectivity index (χ2n) is 5.52. The first-order valence-corrected chi connectivity index (χ1v) is 7.44. The summed E-state index contributed by atoms with van der Waals surface area (Å²) in [5.41, 5.74) is 0.701. The summed E-state index contributed by atoms with van der Waals surface area (Å²) in [5, 5.41) is 13.0. The summed E-state index contributed by atoms with van der Waals surface area (Å²) in [4.78, 5) is 12.4. The maximum Gasteiger partial charge on any atom is 0.252 e. The molecule has 1 saturated carbocycles. The Balaban J connectivity index is 2.21. The number of amides is 1. The Morgan fingerprint density at radius 2 is 1.95 bits per heavy atom. The van der Waals surface area contributed by atoms with E-state index in [9.17, 15) is 10.1 Å². The van der Waals surface area contributed by atoms with E-state index >= 15 is 0 Å². The third kappa shape index (κ3) is 3.32. The van der Waals surface area contributed by atoms with Gasteiger partial charge in [0, 0.05) is 10.6 Å². The number of nitrogens with one attached hydrogen (secondary N) is 1. The first-order chi connectivity index (χ1) is 9.56. The Morgan fingerprint density at radius 3 is 2.55 bits per heavy atom. The predicted molar refractivity (Wildman–Crippen MR) is 79.7 cm³/mol. The van der Waals surface area contributed by atoms with Crippen molar-refractivity contribution < 1.29 is 4.79 Å². The van der Waals surface area contributed by atoms with Gasteiger partial charge in [0.2, 0.25) is 0 Å². The molecule has 0 aliphatic heterocycles. The molecule has 1 N–H and O–H groups in total. The molecule has 1 fully saturated rings. The van der Waals surface area contributed by atoms with Gasteiger partial charge < -0.3 is 5.32 Å². The molecule has 0 radical (unpaired) electrons. The normalized spacial score (nSPS) is 17.9. The standard InChI is InChI=1S/C16H19ClN2O/c1-12-6-7-13(17)10-14(12)15(20)19-16(11-18)8-4-2-3-5-9-16/h6-7,10H,2-5,8-9H2,1H3,(H,19,20). The fraction of sp³-hybridized carbons (Fsp3) is 0.500. The highest BCUT2D eigenvalue weighted by Gasteiger charge is 2.33. The van der Waals surface area contributed by atoms with E-state index in [4.69, 9.17) is 11.6 Å². The second-order valence-corrected chi connectivity index (χ2v) is 5.96. The average Bonchev–Trinajstić information content (AvgIpc) is 2.67. The summed E-state index contributed by atoms with van der Waals surface area (Å²) >= 11 is 5.95. The summed E-state index contributed by atoms with van der Waals surface area (Å²) in [5.74, 6) is -0.201. The minimum absolute atomic E-state index is 0.201. The molecular weight excluding hydrogens is 272 g/mol. The number of nitrogens with zero attached hydrogens (tertiary/aromatic N) is 1. The van der Waals surface area contributed by atoms with Crippen LogP contribution in [0.3, 0.4) is 0 Å². The van der Waals surface area contributed by atoms with Crippen LogP contribution in [-0.4, -0.2) is 11.4 Å². The van der Waals surface area contributed by atoms with Gasteiger partial charge in [0.1, 0.15) is 5.54 Å². The van der Waals surface area contributed by atoms with Crippen LogP contribution < -0.4 is 5.32 Å². The topological polar surface area (TPSA) is 52.9 Å². The van der Waals surface area contributed by atoms with Crippen molar-refractivity contribution in [1.29, 1.82) is 5.26 Å². The molecule has 3 nitrogen and oxygen atoms in total. The second kappa shape index (κ2) is 6.28. The fourth-order valence-electron chi connectivity index (χ4n) is 2.72. The van der Waals surface area contributed by atoms with E-state index in [0.29, 0.717) is 10.6 Å². The fourth-order valence-corrected chi connectivity index (χ4v) is 2.89. The van der Waals surface area contributed by atoms with Gasteiger partial charge >= 0.3 is 0 Å². The SMILES string of the molecule is Cc1ccc(Cl)cc1C(=O)NC1(C#N)CCCCCC1. The van der Waals surface area contributed by atoms with Gasteiger partial charge in [-0.3, -0.25) is 4.79 Å². The summed E-state index contributed by atoms with van der Waals surface area (Å²) in [6.45, 7) is 1.87. The maximum absolute atomic E-state index is 12.4. The zero-order valence-corrected chi connectivity index (χ0v) is 12.5. The number of benzene rings is 1. The van der Waals surface area contributed by atoms with Gasteiger partial charge in [-0.05, 0) is 37.5 Å². The minimum Gasteiger partial charge on any atom is -0.334 e. The lowest BCUT2D eigenvalue weighted by atomic mass is 9.91. The van der Waals surface area contributed by atoms with E-state index in [1.54, 1.807) is 12.1 Å². The molecule has 1 aromatic rings. The lowest BCUT2D eigenvalue weighted by molar-refractivity contribution is 0.0912. The summed E-state index contributed by atoms with van der Waals surface area (Å²) in [6, 6.07) is 7.57. The van der Waals surface area contributed by atoms with E-state index in [2.05, 4.69) is 11.4 Å². The third-order valence-electron chi connectivity index (χ3n) is 3.97. The number of carbonyl (C=O) groups is 1. The molecule has 106 valence electrons. The van der Waals surface area contributed by atoms with Gasteiger partial charge in [0.05, 0.1) is 6.07 Å². The highest BCUT2D eigenvalue weighted by atomic mass is 35.5. The number of rotatable bonds is 2. The molecule has 1 aromatic carbocycles. The Bertz CT molecular complexity index is 540. The molecule has 0 spiro atoms. The van der Waals surface area contributed by atoms with E-state index in [1.165, 1.54) is 0 Å². The highest BCUT2D eigenvalue weighted by Crippen LogP contribution is 2.27. The van der Waals surface area contributed by atoms with Crippen molar-refractivity contribution in [3.63, 3.8) is 0 Å².